The lowest BCUT2D eigenvalue weighted by atomic mass is 9.77. The molecule has 0 saturated heterocycles. The van der Waals surface area contributed by atoms with Crippen molar-refractivity contribution < 1.29 is 38.3 Å². The summed E-state index contributed by atoms with van der Waals surface area (Å²) in [6.07, 6.45) is 1.57. The van der Waals surface area contributed by atoms with Gasteiger partial charge in [-0.15, -0.1) is 0 Å². The number of carbonyl (C=O) groups excluding carboxylic acids is 4. The van der Waals surface area contributed by atoms with Crippen LogP contribution in [0.3, 0.4) is 0 Å². The number of hydrogen-bond donors (Lipinski definition) is 4. The van der Waals surface area contributed by atoms with Crippen molar-refractivity contribution in [3.05, 3.63) is 202 Å². The van der Waals surface area contributed by atoms with Gasteiger partial charge in [-0.05, 0) is 96.4 Å². The summed E-state index contributed by atoms with van der Waals surface area (Å²) >= 11 is 0. The van der Waals surface area contributed by atoms with Gasteiger partial charge in [-0.25, -0.2) is 4.79 Å². The molecule has 0 radical (unpaired) electrons. The molecule has 0 saturated carbocycles. The maximum absolute atomic E-state index is 14.2. The first kappa shape index (κ1) is 48.6. The van der Waals surface area contributed by atoms with Crippen LogP contribution in [0.1, 0.15) is 66.8 Å². The monoisotopic (exact) mass is 905 g/mol. The fraction of sp³-hybridized carbons (Fsp3) is 0.245. The zero-order chi connectivity index (χ0) is 47.4. The highest BCUT2D eigenvalue weighted by Gasteiger charge is 2.36. The van der Waals surface area contributed by atoms with Crippen LogP contribution in [0.5, 0.6) is 11.5 Å². The zero-order valence-electron chi connectivity index (χ0n) is 37.5. The number of nitrogens with one attached hydrogen (secondary N) is 4. The minimum atomic E-state index is -0.997. The molecule has 346 valence electrons. The molecular weight excluding hydrogens is 851 g/mol. The summed E-state index contributed by atoms with van der Waals surface area (Å²) in [4.78, 5) is 63.8. The standard InChI is InChI=1S/C53H55N5O9/c1-3-15-49(59)56-48(36-38-16-7-4-8-17-38)51(61)57-47(50(60)55-43-27-23-39(24-28-43)37-66-52(62)67-46-33-29-44(30-34-46)58(63)64)22-13-14-35-54-53(40-18-9-5-10-19-40,41-20-11-6-12-21-41)42-25-31-45(65-2)32-26-42/h4-12,16-21,23-34,47-48,54H,3,13-15,22,35-37H2,1-2H3,(H,55,60)(H,56,59)(H,57,61)/t47-,48-/m0/s1. The van der Waals surface area contributed by atoms with E-state index in [1.54, 1.807) is 31.4 Å². The van der Waals surface area contributed by atoms with E-state index < -0.39 is 40.5 Å². The van der Waals surface area contributed by atoms with E-state index >= 15 is 0 Å². The number of nitrogens with zero attached hydrogens (tertiary/aromatic N) is 1. The highest BCUT2D eigenvalue weighted by molar-refractivity contribution is 5.98. The van der Waals surface area contributed by atoms with Crippen molar-refractivity contribution >= 4 is 35.3 Å². The molecule has 0 spiro atoms. The third-order valence-corrected chi connectivity index (χ3v) is 11.1. The van der Waals surface area contributed by atoms with Gasteiger partial charge in [-0.3, -0.25) is 29.8 Å². The number of amides is 3. The smallest absolute Gasteiger partial charge is 0.497 e. The first-order chi connectivity index (χ1) is 32.6. The van der Waals surface area contributed by atoms with E-state index in [2.05, 4.69) is 57.7 Å². The lowest BCUT2D eigenvalue weighted by Gasteiger charge is -2.37. The van der Waals surface area contributed by atoms with Gasteiger partial charge in [0.1, 0.15) is 30.2 Å². The molecule has 6 rings (SSSR count). The Morgan fingerprint density at radius 2 is 1.22 bits per heavy atom. The van der Waals surface area contributed by atoms with E-state index in [1.807, 2.05) is 85.8 Å². The zero-order valence-corrected chi connectivity index (χ0v) is 37.5. The number of nitro groups is 1. The van der Waals surface area contributed by atoms with Crippen molar-refractivity contribution in [3.63, 3.8) is 0 Å². The van der Waals surface area contributed by atoms with Gasteiger partial charge in [-0.1, -0.05) is 122 Å². The maximum atomic E-state index is 14.2. The number of nitro benzene ring substituents is 1. The van der Waals surface area contributed by atoms with Gasteiger partial charge in [0.15, 0.2) is 0 Å². The molecule has 0 aliphatic heterocycles. The summed E-state index contributed by atoms with van der Waals surface area (Å²) in [5.41, 5.74) is 4.13. The number of rotatable bonds is 23. The topological polar surface area (TPSA) is 187 Å². The van der Waals surface area contributed by atoms with E-state index in [0.717, 1.165) is 28.0 Å². The Morgan fingerprint density at radius 1 is 0.642 bits per heavy atom. The van der Waals surface area contributed by atoms with Gasteiger partial charge in [0.05, 0.1) is 17.6 Å². The minimum Gasteiger partial charge on any atom is -0.497 e. The first-order valence-electron chi connectivity index (χ1n) is 22.2. The Kier molecular flexibility index (Phi) is 17.7. The number of unbranched alkanes of at least 4 members (excludes halogenated alkanes) is 1. The molecule has 67 heavy (non-hydrogen) atoms. The van der Waals surface area contributed by atoms with Crippen LogP contribution in [0.25, 0.3) is 0 Å². The van der Waals surface area contributed by atoms with Crippen LogP contribution in [0.4, 0.5) is 16.2 Å². The van der Waals surface area contributed by atoms with Crippen molar-refractivity contribution in [2.45, 2.75) is 69.7 Å². The summed E-state index contributed by atoms with van der Waals surface area (Å²) in [7, 11) is 1.64. The Bertz CT molecular complexity index is 2490. The maximum Gasteiger partial charge on any atom is 0.514 e. The normalized spacial score (nSPS) is 11.9. The lowest BCUT2D eigenvalue weighted by molar-refractivity contribution is -0.384. The van der Waals surface area contributed by atoms with Crippen LogP contribution in [0.15, 0.2) is 164 Å². The number of hydrogen-bond acceptors (Lipinski definition) is 10. The average molecular weight is 906 g/mol. The second-order valence-corrected chi connectivity index (χ2v) is 15.8. The van der Waals surface area contributed by atoms with Gasteiger partial charge < -0.3 is 30.2 Å². The Labute approximate surface area is 390 Å². The SMILES string of the molecule is CCCC(=O)N[C@@H](Cc1ccccc1)C(=O)N[C@@H](CCCCNC(c1ccccc1)(c1ccccc1)c1ccc(OC)cc1)C(=O)Nc1ccc(COC(=O)Oc2ccc([N+](=O)[O-])cc2)cc1. The fourth-order valence-corrected chi connectivity index (χ4v) is 7.68. The molecule has 0 aliphatic carbocycles. The quantitative estimate of drug-likeness (QED) is 0.0121. The Morgan fingerprint density at radius 3 is 1.81 bits per heavy atom. The lowest BCUT2D eigenvalue weighted by Crippen LogP contribution is -2.53. The molecule has 0 bridgehead atoms. The van der Waals surface area contributed by atoms with Gasteiger partial charge in [0, 0.05) is 30.7 Å². The molecule has 6 aromatic carbocycles. The molecule has 14 nitrogen and oxygen atoms in total. The van der Waals surface area contributed by atoms with Gasteiger partial charge in [-0.2, -0.15) is 0 Å². The summed E-state index contributed by atoms with van der Waals surface area (Å²) in [5, 5.41) is 23.6. The van der Waals surface area contributed by atoms with E-state index in [4.69, 9.17) is 14.2 Å². The van der Waals surface area contributed by atoms with Crippen molar-refractivity contribution in [3.8, 4) is 11.5 Å². The van der Waals surface area contributed by atoms with Gasteiger partial charge >= 0.3 is 6.16 Å². The third kappa shape index (κ3) is 13.8. The molecule has 0 heterocycles. The number of benzene rings is 6. The molecular formula is C53H55N5O9. The Balaban J connectivity index is 1.16. The van der Waals surface area contributed by atoms with E-state index in [1.165, 1.54) is 24.3 Å². The minimum absolute atomic E-state index is 0.0855. The third-order valence-electron chi connectivity index (χ3n) is 11.1. The second kappa shape index (κ2) is 24.4. The van der Waals surface area contributed by atoms with Crippen molar-refractivity contribution in [2.75, 3.05) is 19.0 Å². The highest BCUT2D eigenvalue weighted by atomic mass is 16.7. The molecule has 4 N–H and O–H groups in total. The summed E-state index contributed by atoms with van der Waals surface area (Å²) in [6.45, 7) is 2.29. The molecule has 0 unspecified atom stereocenters. The summed E-state index contributed by atoms with van der Waals surface area (Å²) < 4.78 is 15.8. The molecule has 6 aromatic rings. The Hall–Kier alpha value is -7.84. The van der Waals surface area contributed by atoms with E-state index in [0.29, 0.717) is 37.1 Å². The van der Waals surface area contributed by atoms with Crippen molar-refractivity contribution in [1.29, 1.82) is 0 Å². The second-order valence-electron chi connectivity index (χ2n) is 15.8. The van der Waals surface area contributed by atoms with Crippen molar-refractivity contribution in [2.24, 2.45) is 0 Å². The van der Waals surface area contributed by atoms with Crippen LogP contribution < -0.4 is 30.7 Å². The van der Waals surface area contributed by atoms with Crippen LogP contribution in [-0.4, -0.2) is 54.5 Å². The van der Waals surface area contributed by atoms with Gasteiger partial charge in [0.25, 0.3) is 5.69 Å². The summed E-state index contributed by atoms with van der Waals surface area (Å²) in [5.74, 6) is -0.358. The number of methoxy groups -OCH3 is 1. The van der Waals surface area contributed by atoms with E-state index in [-0.39, 0.29) is 43.2 Å². The number of carbonyl (C=O) groups is 4. The van der Waals surface area contributed by atoms with Gasteiger partial charge in [0.2, 0.25) is 17.7 Å². The van der Waals surface area contributed by atoms with E-state index in [9.17, 15) is 29.3 Å². The largest absolute Gasteiger partial charge is 0.514 e. The van der Waals surface area contributed by atoms with Crippen LogP contribution in [-0.2, 0) is 37.7 Å². The van der Waals surface area contributed by atoms with Crippen LogP contribution >= 0.6 is 0 Å². The average Bonchev–Trinajstić information content (AvgIpc) is 3.35. The molecule has 0 aliphatic rings. The number of non-ortho nitro benzene ring substituents is 1. The predicted molar refractivity (Wildman–Crippen MR) is 256 cm³/mol. The van der Waals surface area contributed by atoms with Crippen molar-refractivity contribution in [1.82, 2.24) is 16.0 Å². The first-order valence-corrected chi connectivity index (χ1v) is 22.2. The molecule has 0 fully saturated rings. The fourth-order valence-electron chi connectivity index (χ4n) is 7.68. The number of anilines is 1. The molecule has 2 atom stereocenters. The molecule has 14 heteroatoms. The van der Waals surface area contributed by atoms with Crippen LogP contribution in [0.2, 0.25) is 0 Å². The van der Waals surface area contributed by atoms with Crippen LogP contribution in [0, 0.1) is 10.1 Å². The predicted octanol–water partition coefficient (Wildman–Crippen LogP) is 9.02. The number of ether oxygens (including phenoxy) is 3. The highest BCUT2D eigenvalue weighted by Crippen LogP contribution is 2.37. The summed E-state index contributed by atoms with van der Waals surface area (Å²) in [6, 6.07) is 47.6. The molecule has 3 amide bonds. The molecule has 0 aromatic heterocycles.